The highest BCUT2D eigenvalue weighted by molar-refractivity contribution is 7.75. The Hall–Kier alpha value is -1.27. The highest BCUT2D eigenvalue weighted by Crippen LogP contribution is 2.08. The van der Waals surface area contributed by atoms with Gasteiger partial charge in [-0.05, 0) is 0 Å². The first kappa shape index (κ1) is 13.7. The molecule has 1 unspecified atom stereocenters. The topological polar surface area (TPSA) is 65.1 Å². The zero-order valence-corrected chi connectivity index (χ0v) is 8.94. The van der Waals surface area contributed by atoms with Gasteiger partial charge in [0.2, 0.25) is 0 Å². The molecule has 15 heavy (non-hydrogen) atoms. The Kier molecular flexibility index (Phi) is 7.39. The Morgan fingerprint density at radius 1 is 1.40 bits per heavy atom. The zero-order valence-electron chi connectivity index (χ0n) is 8.05. The lowest BCUT2D eigenvalue weighted by atomic mass is 10.5. The maximum Gasteiger partial charge on any atom is 0.341 e. The molecule has 0 amide bonds. The molecule has 5 nitrogen and oxygen atoms in total. The van der Waals surface area contributed by atoms with Crippen LogP contribution in [0, 0.1) is 0 Å². The van der Waals surface area contributed by atoms with Gasteiger partial charge in [0.05, 0.1) is 6.61 Å². The molecule has 1 fully saturated rings. The van der Waals surface area contributed by atoms with Crippen LogP contribution in [0.4, 0.5) is 0 Å². The first-order valence-electron chi connectivity index (χ1n) is 4.02. The third kappa shape index (κ3) is 9.04. The molecule has 0 aromatic rings. The lowest BCUT2D eigenvalue weighted by molar-refractivity contribution is -0.138. The number of carbonyl (C=O) groups excluding carboxylic acids is 2. The van der Waals surface area contributed by atoms with Crippen molar-refractivity contribution in [3.05, 3.63) is 25.3 Å². The van der Waals surface area contributed by atoms with E-state index in [0.29, 0.717) is 13.2 Å². The van der Waals surface area contributed by atoms with Crippen LogP contribution in [-0.4, -0.2) is 31.3 Å². The van der Waals surface area contributed by atoms with Crippen molar-refractivity contribution in [3.8, 4) is 0 Å². The van der Waals surface area contributed by atoms with Crippen molar-refractivity contribution >= 4 is 24.8 Å². The maximum atomic E-state index is 10.3. The number of hydrogen-bond acceptors (Lipinski definition) is 6. The van der Waals surface area contributed by atoms with E-state index in [2.05, 4.69) is 35.0 Å². The van der Waals surface area contributed by atoms with Crippen LogP contribution in [0.15, 0.2) is 25.3 Å². The van der Waals surface area contributed by atoms with Crippen LogP contribution in [0.1, 0.15) is 0 Å². The first-order valence-corrected chi connectivity index (χ1v) is 4.39. The van der Waals surface area contributed by atoms with Gasteiger partial charge in [-0.1, -0.05) is 13.2 Å². The van der Waals surface area contributed by atoms with Crippen molar-refractivity contribution in [2.45, 2.75) is 6.10 Å². The summed E-state index contributed by atoms with van der Waals surface area (Å²) in [7, 11) is 0. The molecule has 1 saturated heterocycles. The van der Waals surface area contributed by atoms with E-state index in [-0.39, 0.29) is 12.1 Å². The Labute approximate surface area is 93.3 Å². The van der Waals surface area contributed by atoms with E-state index in [1.807, 2.05) is 0 Å². The Balaban J connectivity index is 0.000000288. The van der Waals surface area contributed by atoms with Crippen molar-refractivity contribution in [3.63, 3.8) is 0 Å². The average molecular weight is 232 g/mol. The molecule has 1 aliphatic heterocycles. The normalized spacial score (nSPS) is 16.5. The van der Waals surface area contributed by atoms with Crippen LogP contribution in [0.5, 0.6) is 0 Å². The largest absolute Gasteiger partial charge is 0.460 e. The van der Waals surface area contributed by atoms with E-state index in [1.54, 1.807) is 0 Å². The third-order valence-electron chi connectivity index (χ3n) is 1.24. The summed E-state index contributed by atoms with van der Waals surface area (Å²) in [6.07, 6.45) is 2.32. The lowest BCUT2D eigenvalue weighted by Gasteiger charge is -1.94. The van der Waals surface area contributed by atoms with Gasteiger partial charge in [-0.3, -0.25) is 0 Å². The van der Waals surface area contributed by atoms with Gasteiger partial charge in [0.15, 0.2) is 0 Å². The van der Waals surface area contributed by atoms with Crippen molar-refractivity contribution in [2.75, 3.05) is 13.2 Å². The van der Waals surface area contributed by atoms with Gasteiger partial charge >= 0.3 is 11.9 Å². The Morgan fingerprint density at radius 3 is 2.20 bits per heavy atom. The molecule has 0 aromatic heterocycles. The van der Waals surface area contributed by atoms with E-state index in [4.69, 9.17) is 4.74 Å². The molecule has 1 atom stereocenters. The van der Waals surface area contributed by atoms with E-state index >= 15 is 0 Å². The van der Waals surface area contributed by atoms with Crippen molar-refractivity contribution in [2.24, 2.45) is 0 Å². The molecular formula is C9H12O5S. The fraction of sp³-hybridized carbons (Fsp3) is 0.333. The molecule has 0 radical (unpaired) electrons. The van der Waals surface area contributed by atoms with E-state index in [9.17, 15) is 9.59 Å². The van der Waals surface area contributed by atoms with E-state index in [1.165, 1.54) is 0 Å². The van der Waals surface area contributed by atoms with Gasteiger partial charge in [-0.2, -0.15) is 0 Å². The van der Waals surface area contributed by atoms with Crippen molar-refractivity contribution in [1.82, 2.24) is 0 Å². The van der Waals surface area contributed by atoms with E-state index in [0.717, 1.165) is 12.2 Å². The standard InChI is InChI=1S/C6H8O3.C3H4O2S/c1-2-6(7)9-4-5-3-8-5;1-2-3(4)5-6/h2,5H,1,3-4H2;2,6H,1H2. The second-order valence-corrected chi connectivity index (χ2v) is 2.59. The number of thiol groups is 1. The van der Waals surface area contributed by atoms with Crippen molar-refractivity contribution < 1.29 is 23.2 Å². The van der Waals surface area contributed by atoms with Crippen LogP contribution >= 0.6 is 12.9 Å². The van der Waals surface area contributed by atoms with Gasteiger partial charge in [0.1, 0.15) is 12.7 Å². The number of ether oxygens (including phenoxy) is 2. The highest BCUT2D eigenvalue weighted by atomic mass is 32.1. The first-order chi connectivity index (χ1) is 7.13. The number of carbonyl (C=O) groups is 2. The molecule has 0 aromatic carbocycles. The highest BCUT2D eigenvalue weighted by Gasteiger charge is 2.23. The van der Waals surface area contributed by atoms with Gasteiger partial charge in [0, 0.05) is 25.1 Å². The second kappa shape index (κ2) is 8.07. The SMILES string of the molecule is C=CC(=O)OCC1CO1.C=CC(=O)OS. The Morgan fingerprint density at radius 2 is 1.93 bits per heavy atom. The minimum absolute atomic E-state index is 0.147. The van der Waals surface area contributed by atoms with Crippen LogP contribution in [0.2, 0.25) is 0 Å². The molecule has 0 saturated carbocycles. The van der Waals surface area contributed by atoms with Crippen LogP contribution in [0.3, 0.4) is 0 Å². The molecule has 1 rings (SSSR count). The van der Waals surface area contributed by atoms with Gasteiger partial charge in [0.25, 0.3) is 0 Å². The number of hydrogen-bond donors (Lipinski definition) is 1. The summed E-state index contributed by atoms with van der Waals surface area (Å²) in [5.41, 5.74) is 0. The molecule has 0 N–H and O–H groups in total. The summed E-state index contributed by atoms with van der Waals surface area (Å²) < 4.78 is 13.3. The number of rotatable bonds is 4. The van der Waals surface area contributed by atoms with Crippen LogP contribution in [0.25, 0.3) is 0 Å². The summed E-state index contributed by atoms with van der Waals surface area (Å²) in [5.74, 6) is -0.913. The summed E-state index contributed by atoms with van der Waals surface area (Å²) in [6, 6.07) is 0. The molecule has 1 heterocycles. The second-order valence-electron chi connectivity index (χ2n) is 2.40. The molecule has 0 bridgehead atoms. The predicted molar refractivity (Wildman–Crippen MR) is 56.2 cm³/mol. The quantitative estimate of drug-likeness (QED) is 0.254. The molecule has 6 heteroatoms. The average Bonchev–Trinajstić information content (AvgIpc) is 3.09. The smallest absolute Gasteiger partial charge is 0.341 e. The zero-order chi connectivity index (χ0) is 11.7. The monoisotopic (exact) mass is 232 g/mol. The maximum absolute atomic E-state index is 10.3. The lowest BCUT2D eigenvalue weighted by Crippen LogP contribution is -2.06. The van der Waals surface area contributed by atoms with Gasteiger partial charge in [-0.15, -0.1) is 0 Å². The molecular weight excluding hydrogens is 220 g/mol. The predicted octanol–water partition coefficient (Wildman–Crippen LogP) is 0.675. The van der Waals surface area contributed by atoms with Crippen LogP contribution < -0.4 is 0 Å². The fourth-order valence-corrected chi connectivity index (χ4v) is 0.510. The van der Waals surface area contributed by atoms with E-state index < -0.39 is 5.97 Å². The molecule has 84 valence electrons. The molecule has 0 aliphatic carbocycles. The summed E-state index contributed by atoms with van der Waals surface area (Å²) in [5, 5.41) is 0. The van der Waals surface area contributed by atoms with Crippen LogP contribution in [-0.2, 0) is 23.2 Å². The minimum atomic E-state index is -0.529. The number of esters is 1. The minimum Gasteiger partial charge on any atom is -0.460 e. The van der Waals surface area contributed by atoms with Gasteiger partial charge in [-0.25, -0.2) is 9.59 Å². The van der Waals surface area contributed by atoms with Gasteiger partial charge < -0.3 is 13.7 Å². The number of epoxide rings is 1. The third-order valence-corrected chi connectivity index (χ3v) is 1.42. The fourth-order valence-electron chi connectivity index (χ4n) is 0.436. The Bertz CT molecular complexity index is 247. The summed E-state index contributed by atoms with van der Waals surface area (Å²) in [6.45, 7) is 7.43. The molecule has 1 aliphatic rings. The molecule has 0 spiro atoms. The summed E-state index contributed by atoms with van der Waals surface area (Å²) in [4.78, 5) is 20.1. The van der Waals surface area contributed by atoms with Crippen molar-refractivity contribution in [1.29, 1.82) is 0 Å². The summed E-state index contributed by atoms with van der Waals surface area (Å²) >= 11 is 3.17.